The van der Waals surface area contributed by atoms with Gasteiger partial charge in [-0.15, -0.1) is 0 Å². The second-order valence-electron chi connectivity index (χ2n) is 21.0. The third-order valence-corrected chi connectivity index (χ3v) is 16.7. The van der Waals surface area contributed by atoms with Gasteiger partial charge in [0.25, 0.3) is 0 Å². The van der Waals surface area contributed by atoms with E-state index in [4.69, 9.17) is 0 Å². The third kappa shape index (κ3) is 6.94. The summed E-state index contributed by atoms with van der Waals surface area (Å²) in [6.07, 6.45) is 0. The summed E-state index contributed by atoms with van der Waals surface area (Å²) in [5.41, 5.74) is 14.8. The molecule has 0 heterocycles. The molecule has 0 bridgehead atoms. The van der Waals surface area contributed by atoms with E-state index in [2.05, 4.69) is 291 Å². The van der Waals surface area contributed by atoms with Crippen LogP contribution in [0.25, 0.3) is 164 Å². The van der Waals surface area contributed by atoms with Gasteiger partial charge in [0.2, 0.25) is 0 Å². The summed E-state index contributed by atoms with van der Waals surface area (Å²) in [5, 5.41) is 22.5. The number of rotatable bonds is 6. The first-order valence-electron chi connectivity index (χ1n) is 27.1. The second kappa shape index (κ2) is 17.7. The van der Waals surface area contributed by atoms with Crippen LogP contribution in [0.3, 0.4) is 0 Å². The van der Waals surface area contributed by atoms with Gasteiger partial charge in [0.15, 0.2) is 0 Å². The third-order valence-electron chi connectivity index (χ3n) is 16.7. The van der Waals surface area contributed by atoms with Crippen molar-refractivity contribution in [2.24, 2.45) is 0 Å². The van der Waals surface area contributed by atoms with Crippen LogP contribution in [0.4, 0.5) is 0 Å². The summed E-state index contributed by atoms with van der Waals surface area (Å²) in [6, 6.07) is 109. The molecular weight excluding hydrogens is 937 g/mol. The van der Waals surface area contributed by atoms with E-state index in [1.54, 1.807) is 0 Å². The van der Waals surface area contributed by atoms with Gasteiger partial charge in [-0.2, -0.15) is 0 Å². The number of hydrogen-bond donors (Lipinski definition) is 0. The minimum absolute atomic E-state index is 1.20. The molecule has 0 fully saturated rings. The summed E-state index contributed by atoms with van der Waals surface area (Å²) < 4.78 is 0. The number of fused-ring (bicyclic) bond motifs is 9. The Kier molecular flexibility index (Phi) is 10.0. The van der Waals surface area contributed by atoms with Crippen molar-refractivity contribution in [3.8, 4) is 66.8 Å². The van der Waals surface area contributed by atoms with Gasteiger partial charge in [-0.3, -0.25) is 0 Å². The average molecular weight is 985 g/mol. The highest BCUT2D eigenvalue weighted by Gasteiger charge is 2.21. The predicted molar refractivity (Wildman–Crippen MR) is 337 cm³/mol. The Hall–Kier alpha value is -10.1. The number of benzene rings is 16. The summed E-state index contributed by atoms with van der Waals surface area (Å²) in [7, 11) is 0. The van der Waals surface area contributed by atoms with Crippen LogP contribution in [-0.2, 0) is 0 Å². The van der Waals surface area contributed by atoms with E-state index in [1.165, 1.54) is 164 Å². The van der Waals surface area contributed by atoms with Gasteiger partial charge >= 0.3 is 0 Å². The van der Waals surface area contributed by atoms with Crippen molar-refractivity contribution >= 4 is 97.0 Å². The summed E-state index contributed by atoms with van der Waals surface area (Å²) >= 11 is 0. The van der Waals surface area contributed by atoms with Crippen LogP contribution in [0.15, 0.2) is 291 Å². The molecule has 16 aromatic rings. The molecule has 0 spiro atoms. The van der Waals surface area contributed by atoms with E-state index in [-0.39, 0.29) is 0 Å². The lowest BCUT2D eigenvalue weighted by molar-refractivity contribution is 1.64. The lowest BCUT2D eigenvalue weighted by Crippen LogP contribution is -1.92. The Morgan fingerprint density at radius 1 is 0.115 bits per heavy atom. The Labute approximate surface area is 452 Å². The number of hydrogen-bond acceptors (Lipinski definition) is 0. The first kappa shape index (κ1) is 44.2. The van der Waals surface area contributed by atoms with Gasteiger partial charge in [-0.05, 0) is 200 Å². The van der Waals surface area contributed by atoms with Crippen molar-refractivity contribution < 1.29 is 0 Å². The molecule has 0 aromatic heterocycles. The van der Waals surface area contributed by atoms with Gasteiger partial charge in [0.05, 0.1) is 0 Å². The zero-order chi connectivity index (χ0) is 51.3. The smallest absolute Gasteiger partial charge is 0.00264 e. The maximum Gasteiger partial charge on any atom is -0.00264 e. The molecule has 0 amide bonds. The van der Waals surface area contributed by atoms with E-state index in [0.717, 1.165) is 0 Å². The van der Waals surface area contributed by atoms with Crippen LogP contribution in [0.1, 0.15) is 0 Å². The Morgan fingerprint density at radius 3 is 0.462 bits per heavy atom. The fraction of sp³-hybridized carbons (Fsp3) is 0. The van der Waals surface area contributed by atoms with Gasteiger partial charge < -0.3 is 0 Å². The normalized spacial score (nSPS) is 11.8. The molecule has 78 heavy (non-hydrogen) atoms. The van der Waals surface area contributed by atoms with Crippen molar-refractivity contribution in [1.29, 1.82) is 0 Å². The largest absolute Gasteiger partial charge is 0.0622 e. The maximum absolute atomic E-state index is 2.43. The highest BCUT2D eigenvalue weighted by molar-refractivity contribution is 6.26. The lowest BCUT2D eigenvalue weighted by Gasteiger charge is -2.20. The lowest BCUT2D eigenvalue weighted by atomic mass is 9.84. The van der Waals surface area contributed by atoms with Crippen LogP contribution in [0, 0.1) is 0 Å². The zero-order valence-corrected chi connectivity index (χ0v) is 42.7. The second-order valence-corrected chi connectivity index (χ2v) is 21.0. The summed E-state index contributed by atoms with van der Waals surface area (Å²) in [5.74, 6) is 0. The molecule has 0 saturated carbocycles. The summed E-state index contributed by atoms with van der Waals surface area (Å²) in [6.45, 7) is 0. The molecule has 0 aliphatic rings. The quantitative estimate of drug-likeness (QED) is 0.146. The van der Waals surface area contributed by atoms with E-state index in [1.807, 2.05) is 0 Å². The average Bonchev–Trinajstić information content (AvgIpc) is 3.57. The van der Waals surface area contributed by atoms with Gasteiger partial charge in [-0.1, -0.05) is 255 Å². The minimum atomic E-state index is 1.20. The predicted octanol–water partition coefficient (Wildman–Crippen LogP) is 22.1. The fourth-order valence-electron chi connectivity index (χ4n) is 13.3. The molecule has 16 aromatic carbocycles. The van der Waals surface area contributed by atoms with Crippen molar-refractivity contribution in [3.05, 3.63) is 291 Å². The Bertz CT molecular complexity index is 4760. The Balaban J connectivity index is 0.892. The van der Waals surface area contributed by atoms with Crippen molar-refractivity contribution in [3.63, 3.8) is 0 Å². The monoisotopic (exact) mass is 984 g/mol. The van der Waals surface area contributed by atoms with E-state index < -0.39 is 0 Å². The van der Waals surface area contributed by atoms with Crippen LogP contribution in [0.2, 0.25) is 0 Å². The van der Waals surface area contributed by atoms with Crippen LogP contribution in [0.5, 0.6) is 0 Å². The molecule has 0 aliphatic heterocycles. The fourth-order valence-corrected chi connectivity index (χ4v) is 13.3. The molecular formula is C78H48. The van der Waals surface area contributed by atoms with E-state index in [9.17, 15) is 0 Å². The zero-order valence-electron chi connectivity index (χ0n) is 42.7. The first-order chi connectivity index (χ1) is 38.7. The van der Waals surface area contributed by atoms with E-state index in [0.29, 0.717) is 0 Å². The van der Waals surface area contributed by atoms with Crippen LogP contribution in [-0.4, -0.2) is 0 Å². The molecule has 16 rings (SSSR count). The van der Waals surface area contributed by atoms with Gasteiger partial charge in [0, 0.05) is 0 Å². The minimum Gasteiger partial charge on any atom is -0.0622 e. The molecule has 0 heteroatoms. The Morgan fingerprint density at radius 2 is 0.269 bits per heavy atom. The topological polar surface area (TPSA) is 0 Å². The molecule has 0 aliphatic carbocycles. The van der Waals surface area contributed by atoms with Crippen molar-refractivity contribution in [2.45, 2.75) is 0 Å². The van der Waals surface area contributed by atoms with Crippen molar-refractivity contribution in [2.75, 3.05) is 0 Å². The first-order valence-corrected chi connectivity index (χ1v) is 27.1. The highest BCUT2D eigenvalue weighted by Crippen LogP contribution is 2.49. The summed E-state index contributed by atoms with van der Waals surface area (Å²) in [4.78, 5) is 0. The van der Waals surface area contributed by atoms with Crippen molar-refractivity contribution in [1.82, 2.24) is 0 Å². The van der Waals surface area contributed by atoms with Crippen LogP contribution < -0.4 is 0 Å². The molecule has 0 atom stereocenters. The van der Waals surface area contributed by atoms with E-state index >= 15 is 0 Å². The maximum atomic E-state index is 2.43. The SMILES string of the molecule is c1ccc(-c2c3ccccc3cc3c(-c4ccc(-c5c6ccccc6cc6c(-c7ccc(-c8c9ccccc9cc9c(-c%10ccccc%10)c%10ccccc%10cc89)cc7)c7ccccc7cc56)cc4)c4ccccc4cc23)cc1. The molecule has 0 nitrogen and oxygen atoms in total. The molecule has 0 N–H and O–H groups in total. The molecule has 0 saturated heterocycles. The molecule has 0 unspecified atom stereocenters. The van der Waals surface area contributed by atoms with Gasteiger partial charge in [-0.25, -0.2) is 0 Å². The molecule has 360 valence electrons. The van der Waals surface area contributed by atoms with Gasteiger partial charge in [0.1, 0.15) is 0 Å². The highest BCUT2D eigenvalue weighted by atomic mass is 14.2. The molecule has 0 radical (unpaired) electrons. The van der Waals surface area contributed by atoms with Crippen LogP contribution >= 0.6 is 0 Å². The standard InChI is InChI=1S/C78H48/c1-3-19-49(20-4-1)73-61-29-13-7-23-55(61)45-69-67(73)43-57-25-9-15-31-63(57)75(69)51-35-39-53(40-36-51)77-65-33-17-11-27-59(65)48-72-71(77)47-60-28-12-18-34-66(60)78(72)54-41-37-52(38-42-54)76-64-32-16-10-26-58(64)44-68-70(76)46-56-24-8-14-30-62(56)74(68)50-21-5-2-6-22-50/h1-48H.